The van der Waals surface area contributed by atoms with Crippen LogP contribution in [0.4, 0.5) is 0 Å². The number of nitrogens with one attached hydrogen (secondary N) is 3. The average Bonchev–Trinajstić information content (AvgIpc) is 3.79. The summed E-state index contributed by atoms with van der Waals surface area (Å²) in [5.74, 6) is 2.10. The number of hydrogen-bond acceptors (Lipinski definition) is 13. The number of amides is 4. The number of likely N-dealkylation sites (N-methyl/N-ethyl adjacent to an activating group) is 2. The zero-order valence-corrected chi connectivity index (χ0v) is 41.9. The van der Waals surface area contributed by atoms with Gasteiger partial charge in [-0.1, -0.05) is 78.9 Å². The molecule has 18 heteroatoms. The van der Waals surface area contributed by atoms with E-state index in [0.717, 1.165) is 11.1 Å². The van der Waals surface area contributed by atoms with Crippen molar-refractivity contribution in [1.29, 1.82) is 0 Å². The first-order valence-corrected chi connectivity index (χ1v) is 23.4. The van der Waals surface area contributed by atoms with Crippen LogP contribution in [-0.4, -0.2) is 175 Å². The third-order valence-corrected chi connectivity index (χ3v) is 12.3. The highest BCUT2D eigenvalue weighted by Gasteiger charge is 2.43. The van der Waals surface area contributed by atoms with Crippen LogP contribution in [-0.2, 0) is 63.6 Å². The zero-order valence-electron chi connectivity index (χ0n) is 41.9. The van der Waals surface area contributed by atoms with E-state index < -0.39 is 66.2 Å². The quantitative estimate of drug-likeness (QED) is 0.0496. The number of methoxy groups -OCH3 is 3. The van der Waals surface area contributed by atoms with E-state index in [1.807, 2.05) is 53.7 Å². The van der Waals surface area contributed by atoms with Crippen molar-refractivity contribution in [2.24, 2.45) is 23.7 Å². The summed E-state index contributed by atoms with van der Waals surface area (Å²) >= 11 is 0. The maximum absolute atomic E-state index is 14.3. The van der Waals surface area contributed by atoms with Crippen molar-refractivity contribution in [2.45, 2.75) is 123 Å². The van der Waals surface area contributed by atoms with E-state index in [0.29, 0.717) is 39.0 Å². The zero-order chi connectivity index (χ0) is 50.2. The summed E-state index contributed by atoms with van der Waals surface area (Å²) in [7, 11) is 7.72. The Balaban J connectivity index is 2.13. The molecule has 0 spiro atoms. The van der Waals surface area contributed by atoms with Gasteiger partial charge >= 0.3 is 11.9 Å². The van der Waals surface area contributed by atoms with E-state index in [1.54, 1.807) is 43.0 Å². The summed E-state index contributed by atoms with van der Waals surface area (Å²) in [5, 5.41) is 17.4. The van der Waals surface area contributed by atoms with Crippen molar-refractivity contribution >= 4 is 35.6 Å². The molecule has 67 heavy (non-hydrogen) atoms. The molecule has 1 heterocycles. The predicted octanol–water partition coefficient (Wildman–Crippen LogP) is 2.68. The number of carbonyl (C=O) groups is 6. The molecular weight excluding hydrogens is 867 g/mol. The molecule has 4 amide bonds. The molecule has 0 saturated carbocycles. The van der Waals surface area contributed by atoms with Gasteiger partial charge < -0.3 is 59.3 Å². The van der Waals surface area contributed by atoms with Crippen LogP contribution in [0, 0.1) is 35.5 Å². The summed E-state index contributed by atoms with van der Waals surface area (Å²) in [6.45, 7) is 14.7. The summed E-state index contributed by atoms with van der Waals surface area (Å²) in [6, 6.07) is 4.03. The second-order valence-corrected chi connectivity index (χ2v) is 17.7. The number of ether oxygens (including phenoxy) is 6. The molecule has 0 bridgehead atoms. The van der Waals surface area contributed by atoms with Gasteiger partial charge in [0.1, 0.15) is 25.3 Å². The Kier molecular flexibility index (Phi) is 26.8. The third kappa shape index (κ3) is 18.8. The van der Waals surface area contributed by atoms with Gasteiger partial charge in [-0.3, -0.25) is 19.2 Å². The molecule has 4 N–H and O–H groups in total. The standard InChI is InChI=1S/C49H79N5O13/c1-13-33(6)44(53(9)48(60)43(32(4)5)52-47(59)42(50-8)31(2)3)39(62-10)29-40(55)54-22-14-17-38(54)45(63-11)34(7)46(58)51-37(49(61)64-12)28-36-20-18-35(19-21-36)16-15-23-65-24-25-66-26-27-67-30-41(56)57/h18-21,31-34,37-39,42-45,50H,13-14,17,22-30H2,1-12H3,(H,51,58)(H,52,59)(H,56,57)/t33?,34-,37?,38+,39-,42+,43+,44+,45-/m1/s1. The van der Waals surface area contributed by atoms with E-state index in [4.69, 9.17) is 33.5 Å². The molecule has 9 atom stereocenters. The van der Waals surface area contributed by atoms with Crippen LogP contribution in [0.1, 0.15) is 85.3 Å². The average molecular weight is 946 g/mol. The number of aliphatic carboxylic acids is 1. The molecule has 2 rings (SSSR count). The number of carboxylic acid groups (broad SMARTS) is 1. The summed E-state index contributed by atoms with van der Waals surface area (Å²) in [6.07, 6.45) is 0.728. The van der Waals surface area contributed by atoms with Crippen molar-refractivity contribution in [3.63, 3.8) is 0 Å². The van der Waals surface area contributed by atoms with Crippen molar-refractivity contribution < 1.29 is 62.3 Å². The number of benzene rings is 1. The molecule has 0 aliphatic carbocycles. The Morgan fingerprint density at radius 1 is 0.851 bits per heavy atom. The maximum Gasteiger partial charge on any atom is 0.329 e. The van der Waals surface area contributed by atoms with Crippen molar-refractivity contribution in [3.8, 4) is 11.8 Å². The molecule has 1 fully saturated rings. The van der Waals surface area contributed by atoms with Crippen LogP contribution >= 0.6 is 0 Å². The third-order valence-electron chi connectivity index (χ3n) is 12.3. The minimum atomic E-state index is -1.04. The lowest BCUT2D eigenvalue weighted by atomic mass is 9.89. The Morgan fingerprint density at radius 2 is 1.48 bits per heavy atom. The number of esters is 1. The van der Waals surface area contributed by atoms with Gasteiger partial charge in [0, 0.05) is 39.8 Å². The first kappa shape index (κ1) is 58.5. The highest BCUT2D eigenvalue weighted by atomic mass is 16.5. The first-order valence-electron chi connectivity index (χ1n) is 23.4. The first-order chi connectivity index (χ1) is 31.9. The van der Waals surface area contributed by atoms with Gasteiger partial charge in [0.05, 0.1) is 76.2 Å². The van der Waals surface area contributed by atoms with Gasteiger partial charge in [0.2, 0.25) is 23.6 Å². The number of carbonyl (C=O) groups excluding carboxylic acids is 5. The summed E-state index contributed by atoms with van der Waals surface area (Å²) in [5.41, 5.74) is 1.49. The Labute approximate surface area is 398 Å². The Bertz CT molecular complexity index is 1770. The lowest BCUT2D eigenvalue weighted by molar-refractivity contribution is -0.149. The van der Waals surface area contributed by atoms with Crippen molar-refractivity contribution in [1.82, 2.24) is 25.8 Å². The fourth-order valence-electron chi connectivity index (χ4n) is 8.41. The van der Waals surface area contributed by atoms with E-state index in [-0.39, 0.29) is 74.7 Å². The topological polar surface area (TPSA) is 221 Å². The van der Waals surface area contributed by atoms with Crippen LogP contribution in [0.2, 0.25) is 0 Å². The lowest BCUT2D eigenvalue weighted by Gasteiger charge is -2.41. The number of carboxylic acids is 1. The molecule has 0 radical (unpaired) electrons. The molecule has 378 valence electrons. The van der Waals surface area contributed by atoms with Crippen LogP contribution < -0.4 is 16.0 Å². The molecule has 1 aromatic rings. The maximum atomic E-state index is 14.3. The highest BCUT2D eigenvalue weighted by Crippen LogP contribution is 2.30. The number of nitrogens with zero attached hydrogens (tertiary/aromatic N) is 2. The number of rotatable bonds is 30. The van der Waals surface area contributed by atoms with Gasteiger partial charge in [0.25, 0.3) is 0 Å². The minimum absolute atomic E-state index is 0.00618. The SMILES string of the molecule is CCC(C)[C@@H]([C@@H](CC(=O)N1CCC[C@H]1[C@H](OC)[C@@H](C)C(=O)NC(Cc1ccc(C#CCOCCOCCOCC(=O)O)cc1)C(=O)OC)OC)N(C)C(=O)[C@@H](NC(=O)[C@@H](NC)C(C)C)C(C)C. The van der Waals surface area contributed by atoms with Gasteiger partial charge in [-0.15, -0.1) is 0 Å². The largest absolute Gasteiger partial charge is 0.480 e. The fourth-order valence-corrected chi connectivity index (χ4v) is 8.41. The molecular formula is C49H79N5O13. The molecule has 1 aromatic carbocycles. The van der Waals surface area contributed by atoms with Crippen LogP contribution in [0.25, 0.3) is 0 Å². The van der Waals surface area contributed by atoms with Gasteiger partial charge in [-0.05, 0) is 55.3 Å². The normalized spacial score (nSPS) is 17.3. The highest BCUT2D eigenvalue weighted by molar-refractivity contribution is 5.90. The van der Waals surface area contributed by atoms with Gasteiger partial charge in [-0.25, -0.2) is 9.59 Å². The molecule has 2 unspecified atom stereocenters. The van der Waals surface area contributed by atoms with Crippen LogP contribution in [0.15, 0.2) is 24.3 Å². The van der Waals surface area contributed by atoms with Gasteiger partial charge in [-0.2, -0.15) is 0 Å². The Hall–Kier alpha value is -4.64. The van der Waals surface area contributed by atoms with E-state index >= 15 is 0 Å². The second kappa shape index (κ2) is 30.7. The van der Waals surface area contributed by atoms with Crippen molar-refractivity contribution in [2.75, 3.05) is 81.6 Å². The van der Waals surface area contributed by atoms with E-state index in [9.17, 15) is 28.8 Å². The molecule has 1 aliphatic heterocycles. The predicted molar refractivity (Wildman–Crippen MR) is 252 cm³/mol. The summed E-state index contributed by atoms with van der Waals surface area (Å²) in [4.78, 5) is 82.6. The Morgan fingerprint density at radius 3 is 2.03 bits per heavy atom. The van der Waals surface area contributed by atoms with E-state index in [2.05, 4.69) is 27.8 Å². The monoisotopic (exact) mass is 946 g/mol. The van der Waals surface area contributed by atoms with Gasteiger partial charge in [0.15, 0.2) is 0 Å². The second-order valence-electron chi connectivity index (χ2n) is 17.7. The van der Waals surface area contributed by atoms with Crippen LogP contribution in [0.3, 0.4) is 0 Å². The fraction of sp³-hybridized carbons (Fsp3) is 0.714. The number of likely N-dealkylation sites (tertiary alicyclic amines) is 1. The van der Waals surface area contributed by atoms with Crippen molar-refractivity contribution in [3.05, 3.63) is 35.4 Å². The molecule has 18 nitrogen and oxygen atoms in total. The molecule has 0 aromatic heterocycles. The molecule has 1 saturated heterocycles. The molecule has 1 aliphatic rings. The lowest BCUT2D eigenvalue weighted by Crippen LogP contribution is -2.59. The van der Waals surface area contributed by atoms with Crippen LogP contribution in [0.5, 0.6) is 0 Å². The smallest absolute Gasteiger partial charge is 0.329 e. The minimum Gasteiger partial charge on any atom is -0.480 e. The van der Waals surface area contributed by atoms with E-state index in [1.165, 1.54) is 21.3 Å². The number of hydrogen-bond donors (Lipinski definition) is 4. The summed E-state index contributed by atoms with van der Waals surface area (Å²) < 4.78 is 32.7.